The number of hydrogen-bond acceptors (Lipinski definition) is 8. The van der Waals surface area contributed by atoms with Crippen LogP contribution >= 0.6 is 0 Å². The number of carboxylic acid groups (broad SMARTS) is 1. The second-order valence-electron chi connectivity index (χ2n) is 11.6. The van der Waals surface area contributed by atoms with E-state index in [1.807, 2.05) is 57.2 Å². The number of methoxy groups -OCH3 is 3. The second-order valence-corrected chi connectivity index (χ2v) is 11.6. The highest BCUT2D eigenvalue weighted by Gasteiger charge is 2.24. The molecule has 0 saturated carbocycles. The molecule has 0 bridgehead atoms. The molecule has 0 spiro atoms. The number of aromatic nitrogens is 1. The van der Waals surface area contributed by atoms with Gasteiger partial charge in [-0.1, -0.05) is 45.0 Å². The fourth-order valence-electron chi connectivity index (χ4n) is 4.98. The summed E-state index contributed by atoms with van der Waals surface area (Å²) in [7, 11) is 4.54. The van der Waals surface area contributed by atoms with Crippen LogP contribution in [0.1, 0.15) is 36.7 Å². The van der Waals surface area contributed by atoms with E-state index in [1.165, 1.54) is 7.11 Å². The number of aromatic carboxylic acids is 1. The van der Waals surface area contributed by atoms with Gasteiger partial charge in [0.05, 0.1) is 32.7 Å². The fraction of sp³-hybridized carbons (Fsp3) is 0.194. The Hall–Kier alpha value is -5.97. The Kier molecular flexibility index (Phi) is 9.36. The van der Waals surface area contributed by atoms with E-state index in [4.69, 9.17) is 18.9 Å². The standard InChI is InChI=1S/C36H36N4O7/c1-36(2,3)21-15-28(34(41)42)33(46-6)30(16-21)40-35(43)39-29-11-12-31(27-10-8-7-9-26(27)29)47-23-13-14-37-32(20-23)38-22-17-24(44-4)19-25(18-22)45-5/h7-20H,1-6H3,(H,37,38)(H,41,42)(H2,39,40,43). The molecule has 0 fully saturated rings. The molecule has 4 aromatic carbocycles. The van der Waals surface area contributed by atoms with E-state index < -0.39 is 12.0 Å². The summed E-state index contributed by atoms with van der Waals surface area (Å²) in [5, 5.41) is 20.2. The normalized spacial score (nSPS) is 11.0. The summed E-state index contributed by atoms with van der Waals surface area (Å²) >= 11 is 0. The number of pyridine rings is 1. The molecule has 2 amide bonds. The zero-order valence-corrected chi connectivity index (χ0v) is 26.9. The lowest BCUT2D eigenvalue weighted by Gasteiger charge is -2.23. The molecule has 0 aliphatic carbocycles. The van der Waals surface area contributed by atoms with Gasteiger partial charge in [-0.05, 0) is 41.3 Å². The first-order chi connectivity index (χ1) is 22.5. The van der Waals surface area contributed by atoms with Gasteiger partial charge in [-0.3, -0.25) is 0 Å². The van der Waals surface area contributed by atoms with Gasteiger partial charge in [0.2, 0.25) is 0 Å². The van der Waals surface area contributed by atoms with Gasteiger partial charge in [-0.25, -0.2) is 14.6 Å². The minimum Gasteiger partial charge on any atom is -0.497 e. The summed E-state index contributed by atoms with van der Waals surface area (Å²) < 4.78 is 22.4. The number of anilines is 4. The first-order valence-electron chi connectivity index (χ1n) is 14.7. The highest BCUT2D eigenvalue weighted by atomic mass is 16.5. The van der Waals surface area contributed by atoms with E-state index in [0.717, 1.165) is 22.0 Å². The average Bonchev–Trinajstić information content (AvgIpc) is 3.05. The minimum absolute atomic E-state index is 0.0418. The van der Waals surface area contributed by atoms with Crippen molar-refractivity contribution in [2.24, 2.45) is 0 Å². The quantitative estimate of drug-likeness (QED) is 0.119. The lowest BCUT2D eigenvalue weighted by atomic mass is 9.85. The number of hydrogen-bond donors (Lipinski definition) is 4. The van der Waals surface area contributed by atoms with Crippen molar-refractivity contribution in [2.45, 2.75) is 26.2 Å². The van der Waals surface area contributed by atoms with Crippen molar-refractivity contribution in [3.8, 4) is 28.7 Å². The van der Waals surface area contributed by atoms with Crippen LogP contribution in [0.25, 0.3) is 10.8 Å². The van der Waals surface area contributed by atoms with Crippen molar-refractivity contribution in [1.29, 1.82) is 0 Å². The highest BCUT2D eigenvalue weighted by molar-refractivity contribution is 6.08. The first-order valence-corrected chi connectivity index (χ1v) is 14.7. The maximum Gasteiger partial charge on any atom is 0.339 e. The molecule has 0 aliphatic heterocycles. The molecule has 0 radical (unpaired) electrons. The Morgan fingerprint density at radius 2 is 1.43 bits per heavy atom. The van der Waals surface area contributed by atoms with Gasteiger partial charge >= 0.3 is 12.0 Å². The molecule has 0 aliphatic rings. The molecule has 0 atom stereocenters. The van der Waals surface area contributed by atoms with E-state index in [-0.39, 0.29) is 22.4 Å². The summed E-state index contributed by atoms with van der Waals surface area (Å²) in [6.45, 7) is 5.88. The Bertz CT molecular complexity index is 1930. The third-order valence-corrected chi connectivity index (χ3v) is 7.35. The number of carbonyl (C=O) groups is 2. The number of ether oxygens (including phenoxy) is 4. The molecule has 5 rings (SSSR count). The van der Waals surface area contributed by atoms with Crippen LogP contribution < -0.4 is 34.9 Å². The molecule has 5 aromatic rings. The third kappa shape index (κ3) is 7.47. The lowest BCUT2D eigenvalue weighted by molar-refractivity contribution is 0.0693. The molecule has 0 unspecified atom stereocenters. The summed E-state index contributed by atoms with van der Waals surface area (Å²) in [6.07, 6.45) is 1.64. The maximum absolute atomic E-state index is 13.3. The Morgan fingerprint density at radius 1 is 0.745 bits per heavy atom. The van der Waals surface area contributed by atoms with Crippen LogP contribution in [0.2, 0.25) is 0 Å². The van der Waals surface area contributed by atoms with Gasteiger partial charge in [-0.15, -0.1) is 0 Å². The lowest BCUT2D eigenvalue weighted by Crippen LogP contribution is -2.22. The average molecular weight is 637 g/mol. The summed E-state index contributed by atoms with van der Waals surface area (Å²) in [6, 6.07) is 22.7. The predicted molar refractivity (Wildman–Crippen MR) is 182 cm³/mol. The van der Waals surface area contributed by atoms with Crippen molar-refractivity contribution in [2.75, 3.05) is 37.3 Å². The topological polar surface area (TPSA) is 140 Å². The van der Waals surface area contributed by atoms with Crippen LogP contribution in [0, 0.1) is 0 Å². The molecule has 47 heavy (non-hydrogen) atoms. The van der Waals surface area contributed by atoms with Crippen molar-refractivity contribution in [3.05, 3.63) is 96.2 Å². The summed E-state index contributed by atoms with van der Waals surface area (Å²) in [5.74, 6) is 1.83. The Balaban J connectivity index is 1.39. The zero-order chi connectivity index (χ0) is 33.7. The molecule has 1 heterocycles. The molecule has 242 valence electrons. The zero-order valence-electron chi connectivity index (χ0n) is 26.9. The minimum atomic E-state index is -1.16. The van der Waals surface area contributed by atoms with Gasteiger partial charge in [0.25, 0.3) is 0 Å². The van der Waals surface area contributed by atoms with Crippen LogP contribution in [0.5, 0.6) is 28.7 Å². The number of nitrogens with one attached hydrogen (secondary N) is 3. The molecule has 4 N–H and O–H groups in total. The van der Waals surface area contributed by atoms with E-state index in [2.05, 4.69) is 20.9 Å². The largest absolute Gasteiger partial charge is 0.497 e. The fourth-order valence-corrected chi connectivity index (χ4v) is 4.98. The number of benzene rings is 4. The molecule has 0 saturated heterocycles. The second kappa shape index (κ2) is 13.6. The number of fused-ring (bicyclic) bond motifs is 1. The molecular weight excluding hydrogens is 600 g/mol. The van der Waals surface area contributed by atoms with Crippen LogP contribution in [0.4, 0.5) is 27.7 Å². The van der Waals surface area contributed by atoms with Crippen molar-refractivity contribution >= 4 is 45.7 Å². The van der Waals surface area contributed by atoms with E-state index >= 15 is 0 Å². The van der Waals surface area contributed by atoms with Gasteiger partial charge in [0.15, 0.2) is 5.75 Å². The van der Waals surface area contributed by atoms with Gasteiger partial charge in [-0.2, -0.15) is 0 Å². The van der Waals surface area contributed by atoms with E-state index in [9.17, 15) is 14.7 Å². The Labute approximate surface area is 272 Å². The number of urea groups is 1. The van der Waals surface area contributed by atoms with Crippen molar-refractivity contribution in [3.63, 3.8) is 0 Å². The third-order valence-electron chi connectivity index (χ3n) is 7.35. The van der Waals surface area contributed by atoms with Crippen LogP contribution in [0.3, 0.4) is 0 Å². The highest BCUT2D eigenvalue weighted by Crippen LogP contribution is 2.37. The van der Waals surface area contributed by atoms with E-state index in [0.29, 0.717) is 34.5 Å². The molecule has 11 heteroatoms. The number of carbonyl (C=O) groups excluding carboxylic acids is 1. The number of carboxylic acids is 1. The molecular formula is C36H36N4O7. The number of amides is 2. The van der Waals surface area contributed by atoms with Crippen LogP contribution in [-0.4, -0.2) is 43.4 Å². The smallest absolute Gasteiger partial charge is 0.339 e. The van der Waals surface area contributed by atoms with Crippen LogP contribution in [0.15, 0.2) is 85.1 Å². The van der Waals surface area contributed by atoms with Crippen molar-refractivity contribution < 1.29 is 33.6 Å². The Morgan fingerprint density at radius 3 is 2.06 bits per heavy atom. The molecule has 11 nitrogen and oxygen atoms in total. The SMILES string of the molecule is COc1cc(Nc2cc(Oc3ccc(NC(=O)Nc4cc(C(C)(C)C)cc(C(=O)O)c4OC)c4ccccc34)ccn2)cc(OC)c1. The number of rotatable bonds is 10. The molecule has 1 aromatic heterocycles. The maximum atomic E-state index is 13.3. The van der Waals surface area contributed by atoms with Gasteiger partial charge in [0, 0.05) is 46.9 Å². The van der Waals surface area contributed by atoms with E-state index in [1.54, 1.807) is 62.9 Å². The van der Waals surface area contributed by atoms with Crippen molar-refractivity contribution in [1.82, 2.24) is 4.98 Å². The van der Waals surface area contributed by atoms with Crippen LogP contribution in [-0.2, 0) is 5.41 Å². The monoisotopic (exact) mass is 636 g/mol. The van der Waals surface area contributed by atoms with Gasteiger partial charge < -0.3 is 40.0 Å². The summed E-state index contributed by atoms with van der Waals surface area (Å²) in [4.78, 5) is 29.7. The number of nitrogens with zero attached hydrogens (tertiary/aromatic N) is 1. The first kappa shape index (κ1) is 32.4. The summed E-state index contributed by atoms with van der Waals surface area (Å²) in [5.41, 5.74) is 1.82. The predicted octanol–water partition coefficient (Wildman–Crippen LogP) is 8.44. The van der Waals surface area contributed by atoms with Gasteiger partial charge in [0.1, 0.15) is 34.4 Å².